The highest BCUT2D eigenvalue weighted by Crippen LogP contribution is 2.39. The monoisotopic (exact) mass is 475 g/mol. The lowest BCUT2D eigenvalue weighted by molar-refractivity contribution is -0.122. The Labute approximate surface area is 174 Å². The fourth-order valence-corrected chi connectivity index (χ4v) is 4.31. The summed E-state index contributed by atoms with van der Waals surface area (Å²) >= 11 is 2.25. The van der Waals surface area contributed by atoms with Crippen LogP contribution < -0.4 is 5.32 Å². The van der Waals surface area contributed by atoms with Gasteiger partial charge in [0.1, 0.15) is 5.82 Å². The van der Waals surface area contributed by atoms with Crippen LogP contribution in [0.5, 0.6) is 0 Å². The normalized spacial score (nSPS) is 23.6. The quantitative estimate of drug-likeness (QED) is 0.612. The average Bonchev–Trinajstić information content (AvgIpc) is 3.54. The van der Waals surface area contributed by atoms with Gasteiger partial charge in [0.05, 0.1) is 6.04 Å². The van der Waals surface area contributed by atoms with E-state index >= 15 is 0 Å². The third-order valence-corrected chi connectivity index (χ3v) is 6.50. The van der Waals surface area contributed by atoms with Crippen LogP contribution in [0.3, 0.4) is 0 Å². The SMILES string of the molecule is C[C@H](NC(=O)C1CC1)c1ccc(C2CCC(c3ncc(I)cn3)CC2)cc1. The smallest absolute Gasteiger partial charge is 0.223 e. The van der Waals surface area contributed by atoms with E-state index in [0.717, 1.165) is 35.1 Å². The van der Waals surface area contributed by atoms with E-state index in [9.17, 15) is 4.79 Å². The molecule has 4 nitrogen and oxygen atoms in total. The van der Waals surface area contributed by atoms with Gasteiger partial charge in [-0.25, -0.2) is 9.97 Å². The summed E-state index contributed by atoms with van der Waals surface area (Å²) in [5, 5.41) is 3.13. The van der Waals surface area contributed by atoms with Gasteiger partial charge in [-0.3, -0.25) is 4.79 Å². The standard InChI is InChI=1S/C22H26IN3O/c1-14(26-22(27)19-10-11-19)15-2-4-16(5-3-15)17-6-8-18(9-7-17)21-24-12-20(23)13-25-21/h2-5,12-14,17-19H,6-11H2,1H3,(H,26,27)/t14-,17?,18?/m0/s1. The van der Waals surface area contributed by atoms with Crippen molar-refractivity contribution < 1.29 is 4.79 Å². The van der Waals surface area contributed by atoms with E-state index in [-0.39, 0.29) is 17.9 Å². The number of amides is 1. The first kappa shape index (κ1) is 18.8. The van der Waals surface area contributed by atoms with Crippen molar-refractivity contribution in [3.05, 3.63) is 57.2 Å². The number of hydrogen-bond donors (Lipinski definition) is 1. The van der Waals surface area contributed by atoms with Crippen LogP contribution in [-0.2, 0) is 4.79 Å². The highest BCUT2D eigenvalue weighted by molar-refractivity contribution is 14.1. The van der Waals surface area contributed by atoms with Gasteiger partial charge in [0.2, 0.25) is 5.91 Å². The highest BCUT2D eigenvalue weighted by Gasteiger charge is 2.30. The summed E-state index contributed by atoms with van der Waals surface area (Å²) in [4.78, 5) is 21.0. The summed E-state index contributed by atoms with van der Waals surface area (Å²) in [5.41, 5.74) is 2.61. The molecular formula is C22H26IN3O. The molecule has 0 saturated heterocycles. The predicted octanol–water partition coefficient (Wildman–Crippen LogP) is 5.11. The first-order valence-electron chi connectivity index (χ1n) is 9.98. The molecule has 5 heteroatoms. The fraction of sp³-hybridized carbons (Fsp3) is 0.500. The van der Waals surface area contributed by atoms with Crippen molar-refractivity contribution in [1.82, 2.24) is 15.3 Å². The number of aromatic nitrogens is 2. The summed E-state index contributed by atoms with van der Waals surface area (Å²) < 4.78 is 1.09. The molecule has 4 rings (SSSR count). The maximum absolute atomic E-state index is 11.9. The zero-order valence-electron chi connectivity index (χ0n) is 15.7. The van der Waals surface area contributed by atoms with Crippen LogP contribution in [0.15, 0.2) is 36.7 Å². The third-order valence-electron chi connectivity index (χ3n) is 5.95. The zero-order valence-corrected chi connectivity index (χ0v) is 17.9. The minimum atomic E-state index is 0.0842. The summed E-state index contributed by atoms with van der Waals surface area (Å²) in [5.74, 6) is 2.59. The second-order valence-electron chi connectivity index (χ2n) is 7.98. The predicted molar refractivity (Wildman–Crippen MR) is 114 cm³/mol. The van der Waals surface area contributed by atoms with Crippen LogP contribution in [0, 0.1) is 9.49 Å². The lowest BCUT2D eigenvalue weighted by Crippen LogP contribution is -2.27. The van der Waals surface area contributed by atoms with Crippen molar-refractivity contribution in [1.29, 1.82) is 0 Å². The summed E-state index contributed by atoms with van der Waals surface area (Å²) in [7, 11) is 0. The van der Waals surface area contributed by atoms with Gasteiger partial charge >= 0.3 is 0 Å². The Morgan fingerprint density at radius 2 is 1.59 bits per heavy atom. The number of nitrogens with zero attached hydrogens (tertiary/aromatic N) is 2. The van der Waals surface area contributed by atoms with Crippen molar-refractivity contribution >= 4 is 28.5 Å². The second-order valence-corrected chi connectivity index (χ2v) is 9.22. The minimum Gasteiger partial charge on any atom is -0.349 e. The molecule has 2 saturated carbocycles. The molecule has 0 radical (unpaired) electrons. The second kappa shape index (κ2) is 8.25. The number of benzene rings is 1. The van der Waals surface area contributed by atoms with Gasteiger partial charge in [0.15, 0.2) is 0 Å². The van der Waals surface area contributed by atoms with E-state index in [2.05, 4.69) is 69.1 Å². The lowest BCUT2D eigenvalue weighted by Gasteiger charge is -2.28. The van der Waals surface area contributed by atoms with Crippen LogP contribution in [0.1, 0.15) is 80.3 Å². The molecule has 0 unspecified atom stereocenters. The van der Waals surface area contributed by atoms with Gasteiger partial charge in [0, 0.05) is 27.8 Å². The van der Waals surface area contributed by atoms with Gasteiger partial charge in [-0.2, -0.15) is 0 Å². The molecule has 1 aromatic carbocycles. The Hall–Kier alpha value is -1.50. The Morgan fingerprint density at radius 1 is 1.00 bits per heavy atom. The molecule has 0 bridgehead atoms. The number of halogens is 1. The van der Waals surface area contributed by atoms with E-state index in [1.165, 1.54) is 24.0 Å². The molecule has 1 amide bonds. The molecule has 0 spiro atoms. The Bertz CT molecular complexity index is 778. The Morgan fingerprint density at radius 3 is 2.19 bits per heavy atom. The minimum absolute atomic E-state index is 0.0842. The topological polar surface area (TPSA) is 54.9 Å². The maximum Gasteiger partial charge on any atom is 0.223 e. The van der Waals surface area contributed by atoms with Crippen molar-refractivity contribution in [3.8, 4) is 0 Å². The van der Waals surface area contributed by atoms with Crippen molar-refractivity contribution in [2.45, 2.75) is 63.3 Å². The van der Waals surface area contributed by atoms with Gasteiger partial charge in [-0.05, 0) is 85.1 Å². The largest absolute Gasteiger partial charge is 0.349 e. The van der Waals surface area contributed by atoms with Crippen LogP contribution in [0.4, 0.5) is 0 Å². The summed E-state index contributed by atoms with van der Waals surface area (Å²) in [6.45, 7) is 2.07. The van der Waals surface area contributed by atoms with E-state index in [0.29, 0.717) is 11.8 Å². The highest BCUT2D eigenvalue weighted by atomic mass is 127. The van der Waals surface area contributed by atoms with Crippen LogP contribution >= 0.6 is 22.6 Å². The molecule has 1 heterocycles. The van der Waals surface area contributed by atoms with Crippen molar-refractivity contribution in [2.24, 2.45) is 5.92 Å². The number of nitrogens with one attached hydrogen (secondary N) is 1. The lowest BCUT2D eigenvalue weighted by atomic mass is 9.78. The molecule has 142 valence electrons. The molecule has 1 atom stereocenters. The Kier molecular flexibility index (Phi) is 5.76. The average molecular weight is 475 g/mol. The van der Waals surface area contributed by atoms with Crippen molar-refractivity contribution in [2.75, 3.05) is 0 Å². The fourth-order valence-electron chi connectivity index (χ4n) is 4.03. The number of carbonyl (C=O) groups is 1. The zero-order chi connectivity index (χ0) is 18.8. The summed E-state index contributed by atoms with van der Waals surface area (Å²) in [6, 6.07) is 8.95. The molecule has 2 aliphatic rings. The van der Waals surface area contributed by atoms with Gasteiger partial charge in [-0.1, -0.05) is 24.3 Å². The molecule has 1 N–H and O–H groups in total. The molecule has 27 heavy (non-hydrogen) atoms. The first-order valence-corrected chi connectivity index (χ1v) is 11.1. The van der Waals surface area contributed by atoms with E-state index < -0.39 is 0 Å². The van der Waals surface area contributed by atoms with Gasteiger partial charge in [-0.15, -0.1) is 0 Å². The molecule has 2 aromatic rings. The van der Waals surface area contributed by atoms with E-state index in [1.807, 2.05) is 12.4 Å². The van der Waals surface area contributed by atoms with Crippen LogP contribution in [0.2, 0.25) is 0 Å². The van der Waals surface area contributed by atoms with Gasteiger partial charge < -0.3 is 5.32 Å². The third kappa shape index (κ3) is 4.68. The molecule has 1 aromatic heterocycles. The van der Waals surface area contributed by atoms with E-state index in [4.69, 9.17) is 0 Å². The number of carbonyl (C=O) groups excluding carboxylic acids is 1. The molecule has 2 aliphatic carbocycles. The molecule has 0 aliphatic heterocycles. The van der Waals surface area contributed by atoms with Crippen LogP contribution in [-0.4, -0.2) is 15.9 Å². The number of hydrogen-bond acceptors (Lipinski definition) is 3. The molecule has 2 fully saturated rings. The Balaban J connectivity index is 1.33. The van der Waals surface area contributed by atoms with Gasteiger partial charge in [0.25, 0.3) is 0 Å². The van der Waals surface area contributed by atoms with E-state index in [1.54, 1.807) is 0 Å². The first-order chi connectivity index (χ1) is 13.1. The van der Waals surface area contributed by atoms with Crippen LogP contribution in [0.25, 0.3) is 0 Å². The maximum atomic E-state index is 11.9. The number of rotatable bonds is 5. The van der Waals surface area contributed by atoms with Crippen molar-refractivity contribution in [3.63, 3.8) is 0 Å². The summed E-state index contributed by atoms with van der Waals surface area (Å²) in [6.07, 6.45) is 10.6. The molecular weight excluding hydrogens is 449 g/mol.